The molecule has 132 valence electrons. The van der Waals surface area contributed by atoms with Crippen molar-refractivity contribution in [2.45, 2.75) is 6.10 Å². The van der Waals surface area contributed by atoms with Gasteiger partial charge in [-0.2, -0.15) is 0 Å². The lowest BCUT2D eigenvalue weighted by atomic mass is 9.94. The summed E-state index contributed by atoms with van der Waals surface area (Å²) < 4.78 is 5.48. The quantitative estimate of drug-likeness (QED) is 0.548. The third-order valence-electron chi connectivity index (χ3n) is 4.05. The number of carbonyl (C=O) groups excluding carboxylic acids is 1. The number of nitro benzene ring substituents is 1. The molecule has 3 aromatic carbocycles. The zero-order valence-electron chi connectivity index (χ0n) is 13.9. The first-order valence-corrected chi connectivity index (χ1v) is 7.84. The zero-order chi connectivity index (χ0) is 18.7. The number of benzene rings is 3. The molecule has 0 aliphatic heterocycles. The number of alkyl carbamates (subject to hydrolysis) is 1. The zero-order valence-corrected chi connectivity index (χ0v) is 13.9. The van der Waals surface area contributed by atoms with E-state index in [4.69, 9.17) is 4.74 Å². The molecule has 0 saturated carbocycles. The molecule has 3 aromatic rings. The van der Waals surface area contributed by atoms with E-state index in [0.717, 1.165) is 10.8 Å². The number of rotatable bonds is 4. The lowest BCUT2D eigenvalue weighted by molar-refractivity contribution is -0.384. The third kappa shape index (κ3) is 3.27. The number of phenols is 1. The largest absolute Gasteiger partial charge is 0.507 e. The first-order valence-electron chi connectivity index (χ1n) is 7.84. The Morgan fingerprint density at radius 2 is 1.81 bits per heavy atom. The van der Waals surface area contributed by atoms with Crippen molar-refractivity contribution < 1.29 is 19.6 Å². The monoisotopic (exact) mass is 352 g/mol. The summed E-state index contributed by atoms with van der Waals surface area (Å²) in [6.07, 6.45) is -1.61. The number of nitrogens with zero attached hydrogens (tertiary/aromatic N) is 1. The maximum Gasteiger partial charge on any atom is 0.407 e. The number of fused-ring (bicyclic) bond motifs is 1. The van der Waals surface area contributed by atoms with Gasteiger partial charge in [0, 0.05) is 24.7 Å². The highest BCUT2D eigenvalue weighted by Gasteiger charge is 2.24. The van der Waals surface area contributed by atoms with E-state index in [2.05, 4.69) is 5.32 Å². The van der Waals surface area contributed by atoms with Gasteiger partial charge in [0.1, 0.15) is 5.75 Å². The summed E-state index contributed by atoms with van der Waals surface area (Å²) in [7, 11) is 1.43. The second-order valence-corrected chi connectivity index (χ2v) is 5.60. The van der Waals surface area contributed by atoms with E-state index < -0.39 is 17.1 Å². The van der Waals surface area contributed by atoms with Crippen LogP contribution in [0.3, 0.4) is 0 Å². The molecule has 26 heavy (non-hydrogen) atoms. The number of hydrogen-bond donors (Lipinski definition) is 2. The molecule has 0 saturated heterocycles. The summed E-state index contributed by atoms with van der Waals surface area (Å²) in [5.74, 6) is -0.0315. The average molecular weight is 352 g/mol. The first kappa shape index (κ1) is 17.2. The molecule has 0 spiro atoms. The lowest BCUT2D eigenvalue weighted by Crippen LogP contribution is -2.22. The van der Waals surface area contributed by atoms with E-state index in [1.807, 2.05) is 24.3 Å². The molecule has 0 bridgehead atoms. The van der Waals surface area contributed by atoms with Crippen LogP contribution in [-0.2, 0) is 4.74 Å². The van der Waals surface area contributed by atoms with E-state index >= 15 is 0 Å². The van der Waals surface area contributed by atoms with Gasteiger partial charge in [-0.15, -0.1) is 0 Å². The van der Waals surface area contributed by atoms with E-state index in [1.54, 1.807) is 6.07 Å². The van der Waals surface area contributed by atoms with Crippen LogP contribution in [0.5, 0.6) is 5.75 Å². The predicted molar refractivity (Wildman–Crippen MR) is 96.1 cm³/mol. The summed E-state index contributed by atoms with van der Waals surface area (Å²) >= 11 is 0. The maximum absolute atomic E-state index is 11.9. The Labute approximate surface area is 149 Å². The first-order chi connectivity index (χ1) is 12.5. The molecule has 0 radical (unpaired) electrons. The molecule has 7 heteroatoms. The lowest BCUT2D eigenvalue weighted by Gasteiger charge is -2.21. The molecule has 7 nitrogen and oxygen atoms in total. The summed E-state index contributed by atoms with van der Waals surface area (Å²) in [6.45, 7) is 0. The van der Waals surface area contributed by atoms with Gasteiger partial charge >= 0.3 is 6.09 Å². The van der Waals surface area contributed by atoms with Crippen LogP contribution in [0.15, 0.2) is 60.7 Å². The van der Waals surface area contributed by atoms with Crippen molar-refractivity contribution in [3.63, 3.8) is 0 Å². The van der Waals surface area contributed by atoms with Crippen LogP contribution < -0.4 is 5.32 Å². The second kappa shape index (κ2) is 7.10. The SMILES string of the molecule is CNC(=O)OC(c1ccc([N+](=O)[O-])cc1)c1c(O)ccc2ccccc12. The van der Waals surface area contributed by atoms with Crippen LogP contribution in [0.2, 0.25) is 0 Å². The van der Waals surface area contributed by atoms with Gasteiger partial charge in [-0.25, -0.2) is 4.79 Å². The van der Waals surface area contributed by atoms with Crippen molar-refractivity contribution in [3.05, 3.63) is 81.9 Å². The van der Waals surface area contributed by atoms with Gasteiger partial charge in [0.05, 0.1) is 4.92 Å². The van der Waals surface area contributed by atoms with Crippen molar-refractivity contribution in [1.82, 2.24) is 5.32 Å². The van der Waals surface area contributed by atoms with Crippen LogP contribution in [0, 0.1) is 10.1 Å². The van der Waals surface area contributed by atoms with E-state index in [0.29, 0.717) is 11.1 Å². The molecular formula is C19H16N2O5. The van der Waals surface area contributed by atoms with Crippen LogP contribution in [-0.4, -0.2) is 23.2 Å². The number of carbonyl (C=O) groups is 1. The molecule has 0 heterocycles. The molecule has 0 fully saturated rings. The van der Waals surface area contributed by atoms with Crippen molar-refractivity contribution >= 4 is 22.6 Å². The van der Waals surface area contributed by atoms with Crippen LogP contribution in [0.25, 0.3) is 10.8 Å². The fraction of sp³-hybridized carbons (Fsp3) is 0.105. The number of ether oxygens (including phenoxy) is 1. The van der Waals surface area contributed by atoms with Crippen LogP contribution in [0.4, 0.5) is 10.5 Å². The third-order valence-corrected chi connectivity index (χ3v) is 4.05. The molecule has 3 rings (SSSR count). The van der Waals surface area contributed by atoms with Gasteiger partial charge in [-0.1, -0.05) is 30.3 Å². The number of nitrogens with one attached hydrogen (secondary N) is 1. The van der Waals surface area contributed by atoms with E-state index in [9.17, 15) is 20.0 Å². The molecule has 1 unspecified atom stereocenters. The smallest absolute Gasteiger partial charge is 0.407 e. The Bertz CT molecular complexity index is 969. The highest BCUT2D eigenvalue weighted by molar-refractivity contribution is 5.88. The summed E-state index contributed by atoms with van der Waals surface area (Å²) in [5.41, 5.74) is 0.848. The minimum Gasteiger partial charge on any atom is -0.507 e. The second-order valence-electron chi connectivity index (χ2n) is 5.60. The molecule has 0 aliphatic carbocycles. The Hall–Kier alpha value is -3.61. The van der Waals surface area contributed by atoms with Gasteiger partial charge in [0.25, 0.3) is 5.69 Å². The molecular weight excluding hydrogens is 336 g/mol. The summed E-state index contributed by atoms with van der Waals surface area (Å²) in [5, 5.41) is 25.3. The van der Waals surface area contributed by atoms with Crippen molar-refractivity contribution in [2.24, 2.45) is 0 Å². The number of hydrogen-bond acceptors (Lipinski definition) is 5. The van der Waals surface area contributed by atoms with Crippen molar-refractivity contribution in [3.8, 4) is 5.75 Å². The standard InChI is InChI=1S/C19H16N2O5/c1-20-19(23)26-18(13-6-9-14(10-7-13)21(24)25)17-15-5-3-2-4-12(15)8-11-16(17)22/h2-11,18,22H,1H3,(H,20,23). The van der Waals surface area contributed by atoms with Crippen LogP contribution in [0.1, 0.15) is 17.2 Å². The van der Waals surface area contributed by atoms with Crippen molar-refractivity contribution in [2.75, 3.05) is 7.05 Å². The minimum atomic E-state index is -0.929. The van der Waals surface area contributed by atoms with Crippen LogP contribution >= 0.6 is 0 Å². The van der Waals surface area contributed by atoms with Gasteiger partial charge in [-0.05, 0) is 34.5 Å². The fourth-order valence-electron chi connectivity index (χ4n) is 2.79. The van der Waals surface area contributed by atoms with Gasteiger partial charge in [-0.3, -0.25) is 10.1 Å². The number of nitro groups is 1. The van der Waals surface area contributed by atoms with Gasteiger partial charge in [0.15, 0.2) is 6.10 Å². The summed E-state index contributed by atoms with van der Waals surface area (Å²) in [6, 6.07) is 16.3. The number of aromatic hydroxyl groups is 1. The average Bonchev–Trinajstić information content (AvgIpc) is 2.66. The topological polar surface area (TPSA) is 102 Å². The highest BCUT2D eigenvalue weighted by atomic mass is 16.6. The summed E-state index contributed by atoms with van der Waals surface area (Å²) in [4.78, 5) is 22.2. The minimum absolute atomic E-state index is 0.0315. The molecule has 0 aromatic heterocycles. The molecule has 1 amide bonds. The Balaban J connectivity index is 2.17. The van der Waals surface area contributed by atoms with E-state index in [-0.39, 0.29) is 11.4 Å². The molecule has 1 atom stereocenters. The van der Waals surface area contributed by atoms with Gasteiger partial charge < -0.3 is 15.2 Å². The number of phenolic OH excluding ortho intramolecular Hbond substituents is 1. The maximum atomic E-state index is 11.9. The fourth-order valence-corrected chi connectivity index (χ4v) is 2.79. The molecule has 2 N–H and O–H groups in total. The predicted octanol–water partition coefficient (Wildman–Crippen LogP) is 3.90. The number of amides is 1. The Morgan fingerprint density at radius 1 is 1.12 bits per heavy atom. The number of non-ortho nitro benzene ring substituents is 1. The van der Waals surface area contributed by atoms with Crippen molar-refractivity contribution in [1.29, 1.82) is 0 Å². The molecule has 0 aliphatic rings. The Morgan fingerprint density at radius 3 is 2.46 bits per heavy atom. The Kier molecular flexibility index (Phi) is 4.70. The van der Waals surface area contributed by atoms with E-state index in [1.165, 1.54) is 37.4 Å². The van der Waals surface area contributed by atoms with Gasteiger partial charge in [0.2, 0.25) is 0 Å². The highest BCUT2D eigenvalue weighted by Crippen LogP contribution is 2.38. The normalized spacial score (nSPS) is 11.7.